The van der Waals surface area contributed by atoms with E-state index in [9.17, 15) is 9.59 Å². The van der Waals surface area contributed by atoms with E-state index >= 15 is 0 Å². The van der Waals surface area contributed by atoms with Gasteiger partial charge < -0.3 is 14.8 Å². The Bertz CT molecular complexity index is 1050. The molecular weight excluding hydrogens is 398 g/mol. The molecule has 7 nitrogen and oxygen atoms in total. The molecule has 1 saturated heterocycles. The molecule has 1 aromatic heterocycles. The molecular formula is C22H23N5O2S. The van der Waals surface area contributed by atoms with Gasteiger partial charge in [0.15, 0.2) is 5.16 Å². The number of aromatic nitrogens is 3. The van der Waals surface area contributed by atoms with Crippen LogP contribution in [-0.2, 0) is 16.1 Å². The summed E-state index contributed by atoms with van der Waals surface area (Å²) in [6.45, 7) is 3.29. The second kappa shape index (κ2) is 9.13. The maximum Gasteiger partial charge on any atom is 0.234 e. The maximum atomic E-state index is 12.5. The molecule has 3 aromatic rings. The molecule has 8 heteroatoms. The van der Waals surface area contributed by atoms with Crippen LogP contribution in [0, 0.1) is 6.92 Å². The van der Waals surface area contributed by atoms with E-state index in [1.807, 2.05) is 54.0 Å². The van der Waals surface area contributed by atoms with E-state index in [-0.39, 0.29) is 17.6 Å². The third-order valence-corrected chi connectivity index (χ3v) is 5.90. The molecule has 0 saturated carbocycles. The minimum absolute atomic E-state index is 0.127. The van der Waals surface area contributed by atoms with Gasteiger partial charge in [-0.25, -0.2) is 0 Å². The smallest absolute Gasteiger partial charge is 0.234 e. The predicted octanol–water partition coefficient (Wildman–Crippen LogP) is 3.49. The first-order chi connectivity index (χ1) is 14.6. The lowest BCUT2D eigenvalue weighted by Crippen LogP contribution is -2.23. The fourth-order valence-electron chi connectivity index (χ4n) is 3.42. The summed E-state index contributed by atoms with van der Waals surface area (Å²) in [5.41, 5.74) is 2.65. The Morgan fingerprint density at radius 1 is 1.13 bits per heavy atom. The predicted molar refractivity (Wildman–Crippen MR) is 118 cm³/mol. The van der Waals surface area contributed by atoms with E-state index in [4.69, 9.17) is 0 Å². The summed E-state index contributed by atoms with van der Waals surface area (Å²) in [5.74, 6) is 1.03. The fraction of sp³-hybridized carbons (Fsp3) is 0.273. The first kappa shape index (κ1) is 20.2. The third-order valence-electron chi connectivity index (χ3n) is 4.93. The molecule has 0 spiro atoms. The van der Waals surface area contributed by atoms with Crippen molar-refractivity contribution in [3.63, 3.8) is 0 Å². The molecule has 1 aliphatic heterocycles. The molecule has 1 fully saturated rings. The van der Waals surface area contributed by atoms with Crippen molar-refractivity contribution in [3.05, 3.63) is 66.0 Å². The van der Waals surface area contributed by atoms with Gasteiger partial charge in [-0.15, -0.1) is 10.2 Å². The summed E-state index contributed by atoms with van der Waals surface area (Å²) < 4.78 is 2.01. The van der Waals surface area contributed by atoms with E-state index in [2.05, 4.69) is 27.6 Å². The number of aryl methyl sites for hydroxylation is 1. The summed E-state index contributed by atoms with van der Waals surface area (Å²) in [4.78, 5) is 26.2. The van der Waals surface area contributed by atoms with Crippen LogP contribution in [0.1, 0.15) is 24.2 Å². The van der Waals surface area contributed by atoms with Gasteiger partial charge in [0.25, 0.3) is 0 Å². The minimum atomic E-state index is -0.128. The number of rotatable bonds is 7. The zero-order valence-electron chi connectivity index (χ0n) is 16.7. The number of thioether (sulfide) groups is 1. The van der Waals surface area contributed by atoms with Gasteiger partial charge in [-0.1, -0.05) is 48.2 Å². The number of hydrogen-bond donors (Lipinski definition) is 1. The van der Waals surface area contributed by atoms with E-state index in [0.717, 1.165) is 30.0 Å². The molecule has 0 radical (unpaired) electrons. The Labute approximate surface area is 179 Å². The van der Waals surface area contributed by atoms with Crippen molar-refractivity contribution in [2.75, 3.05) is 22.5 Å². The highest BCUT2D eigenvalue weighted by molar-refractivity contribution is 7.99. The van der Waals surface area contributed by atoms with E-state index in [0.29, 0.717) is 23.8 Å². The van der Waals surface area contributed by atoms with Crippen LogP contribution in [0.4, 0.5) is 11.4 Å². The van der Waals surface area contributed by atoms with Crippen molar-refractivity contribution in [2.24, 2.45) is 0 Å². The highest BCUT2D eigenvalue weighted by Crippen LogP contribution is 2.25. The number of nitrogens with one attached hydrogen (secondary N) is 1. The molecule has 2 aromatic carbocycles. The highest BCUT2D eigenvalue weighted by atomic mass is 32.2. The van der Waals surface area contributed by atoms with Gasteiger partial charge in [-0.3, -0.25) is 9.59 Å². The molecule has 2 amide bonds. The lowest BCUT2D eigenvalue weighted by atomic mass is 10.2. The highest BCUT2D eigenvalue weighted by Gasteiger charge is 2.22. The number of nitrogens with zero attached hydrogens (tertiary/aromatic N) is 4. The van der Waals surface area contributed by atoms with Gasteiger partial charge in [0, 0.05) is 24.3 Å². The van der Waals surface area contributed by atoms with Crippen molar-refractivity contribution in [1.29, 1.82) is 0 Å². The monoisotopic (exact) mass is 421 g/mol. The average molecular weight is 422 g/mol. The number of benzene rings is 2. The molecule has 0 unspecified atom stereocenters. The zero-order chi connectivity index (χ0) is 20.9. The van der Waals surface area contributed by atoms with E-state index < -0.39 is 0 Å². The van der Waals surface area contributed by atoms with Crippen LogP contribution < -0.4 is 10.2 Å². The van der Waals surface area contributed by atoms with Crippen molar-refractivity contribution in [2.45, 2.75) is 31.5 Å². The number of hydrogen-bond acceptors (Lipinski definition) is 5. The Morgan fingerprint density at radius 3 is 2.73 bits per heavy atom. The number of carbonyl (C=O) groups excluding carboxylic acids is 2. The molecule has 0 aliphatic carbocycles. The standard InChI is InChI=1S/C22H23N5O2S/c1-16-24-25-22(27(16)14-17-7-3-2-4-8-17)30-15-20(28)23-18-9-5-10-19(13-18)26-12-6-11-21(26)29/h2-5,7-10,13H,6,11-12,14-15H2,1H3,(H,23,28). The van der Waals surface area contributed by atoms with Crippen LogP contribution >= 0.6 is 11.8 Å². The lowest BCUT2D eigenvalue weighted by molar-refractivity contribution is -0.117. The SMILES string of the molecule is Cc1nnc(SCC(=O)Nc2cccc(N3CCCC3=O)c2)n1Cc1ccccc1. The second-order valence-corrected chi connectivity index (χ2v) is 8.08. The lowest BCUT2D eigenvalue weighted by Gasteiger charge is -2.16. The Morgan fingerprint density at radius 2 is 1.97 bits per heavy atom. The first-order valence-corrected chi connectivity index (χ1v) is 10.9. The van der Waals surface area contributed by atoms with Crippen LogP contribution in [0.3, 0.4) is 0 Å². The fourth-order valence-corrected chi connectivity index (χ4v) is 4.20. The van der Waals surface area contributed by atoms with Gasteiger partial charge in [0.05, 0.1) is 12.3 Å². The Kier molecular flexibility index (Phi) is 6.13. The van der Waals surface area contributed by atoms with Crippen LogP contribution in [0.25, 0.3) is 0 Å². The normalized spacial score (nSPS) is 13.6. The summed E-state index contributed by atoms with van der Waals surface area (Å²) in [6, 6.07) is 17.5. The third kappa shape index (κ3) is 4.71. The molecule has 1 N–H and O–H groups in total. The minimum Gasteiger partial charge on any atom is -0.325 e. The molecule has 154 valence electrons. The van der Waals surface area contributed by atoms with E-state index in [1.54, 1.807) is 4.90 Å². The maximum absolute atomic E-state index is 12.5. The summed E-state index contributed by atoms with van der Waals surface area (Å²) >= 11 is 1.36. The van der Waals surface area contributed by atoms with Gasteiger partial charge in [-0.2, -0.15) is 0 Å². The second-order valence-electron chi connectivity index (χ2n) is 7.14. The van der Waals surface area contributed by atoms with Gasteiger partial charge in [-0.05, 0) is 37.1 Å². The average Bonchev–Trinajstić information content (AvgIpc) is 3.33. The topological polar surface area (TPSA) is 80.1 Å². The first-order valence-electron chi connectivity index (χ1n) is 9.87. The van der Waals surface area contributed by atoms with Crippen LogP contribution in [0.5, 0.6) is 0 Å². The van der Waals surface area contributed by atoms with Gasteiger partial charge >= 0.3 is 0 Å². The van der Waals surface area contributed by atoms with Crippen molar-refractivity contribution < 1.29 is 9.59 Å². The number of carbonyl (C=O) groups is 2. The Balaban J connectivity index is 1.37. The van der Waals surface area contributed by atoms with Gasteiger partial charge in [0.2, 0.25) is 11.8 Å². The van der Waals surface area contributed by atoms with Crippen molar-refractivity contribution in [3.8, 4) is 0 Å². The molecule has 0 atom stereocenters. The molecule has 30 heavy (non-hydrogen) atoms. The van der Waals surface area contributed by atoms with Crippen LogP contribution in [0.15, 0.2) is 59.8 Å². The summed E-state index contributed by atoms with van der Waals surface area (Å²) in [6.07, 6.45) is 1.45. The van der Waals surface area contributed by atoms with Crippen molar-refractivity contribution in [1.82, 2.24) is 14.8 Å². The zero-order valence-corrected chi connectivity index (χ0v) is 17.6. The summed E-state index contributed by atoms with van der Waals surface area (Å²) in [7, 11) is 0. The molecule has 1 aliphatic rings. The van der Waals surface area contributed by atoms with E-state index in [1.165, 1.54) is 11.8 Å². The quantitative estimate of drug-likeness (QED) is 0.591. The summed E-state index contributed by atoms with van der Waals surface area (Å²) in [5, 5.41) is 12.0. The van der Waals surface area contributed by atoms with Crippen LogP contribution in [-0.4, -0.2) is 38.9 Å². The Hall–Kier alpha value is -3.13. The number of amides is 2. The van der Waals surface area contributed by atoms with Gasteiger partial charge in [0.1, 0.15) is 5.82 Å². The largest absolute Gasteiger partial charge is 0.325 e. The molecule has 4 rings (SSSR count). The molecule has 0 bridgehead atoms. The van der Waals surface area contributed by atoms with Crippen LogP contribution in [0.2, 0.25) is 0 Å². The van der Waals surface area contributed by atoms with Crippen molar-refractivity contribution >= 4 is 35.0 Å². The number of anilines is 2. The molecule has 2 heterocycles.